The summed E-state index contributed by atoms with van der Waals surface area (Å²) in [6, 6.07) is 5.80. The average molecular weight is 261 g/mol. The summed E-state index contributed by atoms with van der Waals surface area (Å²) >= 11 is 0. The van der Waals surface area contributed by atoms with Gasteiger partial charge in [-0.2, -0.15) is 0 Å². The first kappa shape index (κ1) is 13.2. The second-order valence-corrected chi connectivity index (χ2v) is 4.03. The molecule has 0 aromatic heterocycles. The highest BCUT2D eigenvalue weighted by Gasteiger charge is 2.31. The lowest BCUT2D eigenvalue weighted by Gasteiger charge is -2.16. The Morgan fingerprint density at radius 2 is 1.94 bits per heavy atom. The summed E-state index contributed by atoms with van der Waals surface area (Å²) < 4.78 is 45.4. The van der Waals surface area contributed by atoms with Gasteiger partial charge in [-0.05, 0) is 30.7 Å². The molecule has 0 aliphatic carbocycles. The standard InChI is InChI=1S/C12H14F3NO2/c13-12(14,15)18-10-4-2-9(3-5-10)11-8-16-6-1-7-17-11/h2-5,11,16H,1,6-8H2. The smallest absolute Gasteiger partial charge is 0.406 e. The number of alkyl halides is 3. The van der Waals surface area contributed by atoms with E-state index < -0.39 is 6.36 Å². The topological polar surface area (TPSA) is 30.5 Å². The minimum atomic E-state index is -4.65. The van der Waals surface area contributed by atoms with E-state index in [9.17, 15) is 13.2 Å². The minimum Gasteiger partial charge on any atom is -0.406 e. The Bertz CT molecular complexity index is 370. The highest BCUT2D eigenvalue weighted by Crippen LogP contribution is 2.25. The summed E-state index contributed by atoms with van der Waals surface area (Å²) in [6.45, 7) is 2.21. The lowest BCUT2D eigenvalue weighted by atomic mass is 10.1. The Balaban J connectivity index is 2.02. The molecule has 3 nitrogen and oxygen atoms in total. The Labute approximate surface area is 103 Å². The van der Waals surface area contributed by atoms with Crippen molar-refractivity contribution in [2.75, 3.05) is 19.7 Å². The summed E-state index contributed by atoms with van der Waals surface area (Å²) in [7, 11) is 0. The van der Waals surface area contributed by atoms with Crippen LogP contribution in [0.1, 0.15) is 18.1 Å². The van der Waals surface area contributed by atoms with E-state index in [1.807, 2.05) is 0 Å². The predicted octanol–water partition coefficient (Wildman–Crippen LogP) is 2.64. The van der Waals surface area contributed by atoms with Gasteiger partial charge in [0.2, 0.25) is 0 Å². The average Bonchev–Trinajstić information content (AvgIpc) is 2.56. The van der Waals surface area contributed by atoms with Crippen molar-refractivity contribution >= 4 is 0 Å². The highest BCUT2D eigenvalue weighted by atomic mass is 19.4. The summed E-state index contributed by atoms with van der Waals surface area (Å²) in [5.41, 5.74) is 0.846. The van der Waals surface area contributed by atoms with Gasteiger partial charge in [-0.1, -0.05) is 12.1 Å². The van der Waals surface area contributed by atoms with E-state index in [0.29, 0.717) is 13.2 Å². The van der Waals surface area contributed by atoms with Gasteiger partial charge in [-0.15, -0.1) is 13.2 Å². The summed E-state index contributed by atoms with van der Waals surface area (Å²) in [6.07, 6.45) is -3.83. The first-order valence-electron chi connectivity index (χ1n) is 5.72. The fourth-order valence-corrected chi connectivity index (χ4v) is 1.81. The SMILES string of the molecule is FC(F)(F)Oc1ccc(C2CNCCCO2)cc1. The van der Waals surface area contributed by atoms with E-state index in [2.05, 4.69) is 10.1 Å². The van der Waals surface area contributed by atoms with Gasteiger partial charge < -0.3 is 14.8 Å². The van der Waals surface area contributed by atoms with Crippen LogP contribution in [0.3, 0.4) is 0 Å². The van der Waals surface area contributed by atoms with Crippen LogP contribution in [-0.2, 0) is 4.74 Å². The Morgan fingerprint density at radius 1 is 1.22 bits per heavy atom. The maximum Gasteiger partial charge on any atom is 0.573 e. The minimum absolute atomic E-state index is 0.118. The number of halogens is 3. The Morgan fingerprint density at radius 3 is 2.61 bits per heavy atom. The lowest BCUT2D eigenvalue weighted by molar-refractivity contribution is -0.274. The van der Waals surface area contributed by atoms with Crippen LogP contribution in [0.25, 0.3) is 0 Å². The highest BCUT2D eigenvalue weighted by molar-refractivity contribution is 5.29. The van der Waals surface area contributed by atoms with Crippen LogP contribution in [0, 0.1) is 0 Å². The van der Waals surface area contributed by atoms with Crippen molar-refractivity contribution in [3.05, 3.63) is 29.8 Å². The van der Waals surface area contributed by atoms with Crippen LogP contribution in [0.2, 0.25) is 0 Å². The molecule has 1 aliphatic rings. The molecule has 2 rings (SSSR count). The molecule has 1 saturated heterocycles. The molecular formula is C12H14F3NO2. The lowest BCUT2D eigenvalue weighted by Crippen LogP contribution is -2.20. The third-order valence-corrected chi connectivity index (χ3v) is 2.63. The molecule has 0 amide bonds. The number of nitrogens with one attached hydrogen (secondary N) is 1. The van der Waals surface area contributed by atoms with E-state index in [-0.39, 0.29) is 11.9 Å². The van der Waals surface area contributed by atoms with Crippen LogP contribution in [0.4, 0.5) is 13.2 Å². The number of hydrogen-bond donors (Lipinski definition) is 1. The zero-order chi connectivity index (χ0) is 13.0. The summed E-state index contributed by atoms with van der Waals surface area (Å²) in [5.74, 6) is -0.215. The van der Waals surface area contributed by atoms with Crippen LogP contribution >= 0.6 is 0 Å². The van der Waals surface area contributed by atoms with Crippen molar-refractivity contribution in [3.8, 4) is 5.75 Å². The van der Waals surface area contributed by atoms with E-state index >= 15 is 0 Å². The molecule has 1 aromatic carbocycles. The molecule has 1 unspecified atom stereocenters. The van der Waals surface area contributed by atoms with Crippen LogP contribution in [0.15, 0.2) is 24.3 Å². The van der Waals surface area contributed by atoms with E-state index in [0.717, 1.165) is 18.5 Å². The molecule has 0 bridgehead atoms. The van der Waals surface area contributed by atoms with Gasteiger partial charge in [0, 0.05) is 13.2 Å². The molecule has 1 heterocycles. The molecule has 0 spiro atoms. The summed E-state index contributed by atoms with van der Waals surface area (Å²) in [5, 5.41) is 3.21. The number of benzene rings is 1. The van der Waals surface area contributed by atoms with E-state index in [4.69, 9.17) is 4.74 Å². The largest absolute Gasteiger partial charge is 0.573 e. The van der Waals surface area contributed by atoms with Crippen LogP contribution in [0.5, 0.6) is 5.75 Å². The zero-order valence-corrected chi connectivity index (χ0v) is 9.67. The van der Waals surface area contributed by atoms with Crippen molar-refractivity contribution in [2.24, 2.45) is 0 Å². The molecule has 1 N–H and O–H groups in total. The van der Waals surface area contributed by atoms with Crippen molar-refractivity contribution < 1.29 is 22.6 Å². The Hall–Kier alpha value is -1.27. The summed E-state index contributed by atoms with van der Waals surface area (Å²) in [4.78, 5) is 0. The van der Waals surface area contributed by atoms with Gasteiger partial charge in [0.25, 0.3) is 0 Å². The van der Waals surface area contributed by atoms with Crippen molar-refractivity contribution in [3.63, 3.8) is 0 Å². The fraction of sp³-hybridized carbons (Fsp3) is 0.500. The maximum absolute atomic E-state index is 12.0. The van der Waals surface area contributed by atoms with Gasteiger partial charge >= 0.3 is 6.36 Å². The van der Waals surface area contributed by atoms with E-state index in [1.165, 1.54) is 12.1 Å². The number of ether oxygens (including phenoxy) is 2. The molecule has 1 fully saturated rings. The molecule has 1 aliphatic heterocycles. The first-order chi connectivity index (χ1) is 8.54. The third-order valence-electron chi connectivity index (χ3n) is 2.63. The fourth-order valence-electron chi connectivity index (χ4n) is 1.81. The maximum atomic E-state index is 12.0. The third kappa shape index (κ3) is 3.89. The first-order valence-corrected chi connectivity index (χ1v) is 5.72. The van der Waals surface area contributed by atoms with Crippen molar-refractivity contribution in [1.82, 2.24) is 5.32 Å². The zero-order valence-electron chi connectivity index (χ0n) is 9.67. The normalized spacial score (nSPS) is 21.4. The molecule has 6 heteroatoms. The molecule has 0 radical (unpaired) electrons. The van der Waals surface area contributed by atoms with Crippen molar-refractivity contribution in [1.29, 1.82) is 0 Å². The second kappa shape index (κ2) is 5.58. The molecule has 18 heavy (non-hydrogen) atoms. The molecule has 1 aromatic rings. The molecular weight excluding hydrogens is 247 g/mol. The quantitative estimate of drug-likeness (QED) is 0.887. The van der Waals surface area contributed by atoms with Gasteiger partial charge in [-0.3, -0.25) is 0 Å². The predicted molar refractivity (Wildman–Crippen MR) is 59.3 cm³/mol. The number of hydrogen-bond acceptors (Lipinski definition) is 3. The van der Waals surface area contributed by atoms with Crippen molar-refractivity contribution in [2.45, 2.75) is 18.9 Å². The van der Waals surface area contributed by atoms with Gasteiger partial charge in [-0.25, -0.2) is 0 Å². The van der Waals surface area contributed by atoms with Gasteiger partial charge in [0.15, 0.2) is 0 Å². The van der Waals surface area contributed by atoms with E-state index in [1.54, 1.807) is 12.1 Å². The molecule has 0 saturated carbocycles. The Kier molecular flexibility index (Phi) is 4.08. The van der Waals surface area contributed by atoms with Gasteiger partial charge in [0.1, 0.15) is 5.75 Å². The van der Waals surface area contributed by atoms with Crippen LogP contribution in [-0.4, -0.2) is 26.1 Å². The van der Waals surface area contributed by atoms with Crippen LogP contribution < -0.4 is 10.1 Å². The number of rotatable bonds is 2. The molecule has 1 atom stereocenters. The second-order valence-electron chi connectivity index (χ2n) is 4.03. The molecule has 100 valence electrons. The monoisotopic (exact) mass is 261 g/mol. The van der Waals surface area contributed by atoms with Gasteiger partial charge in [0.05, 0.1) is 6.10 Å².